The summed E-state index contributed by atoms with van der Waals surface area (Å²) in [5.41, 5.74) is 5.49. The number of nitrogens with zero attached hydrogens (tertiary/aromatic N) is 3. The Morgan fingerprint density at radius 2 is 2.17 bits per heavy atom. The molecule has 0 amide bonds. The van der Waals surface area contributed by atoms with Crippen molar-refractivity contribution in [2.45, 2.75) is 13.0 Å². The van der Waals surface area contributed by atoms with Crippen molar-refractivity contribution in [3.05, 3.63) is 40.9 Å². The maximum absolute atomic E-state index is 5.99. The first kappa shape index (κ1) is 12.9. The summed E-state index contributed by atoms with van der Waals surface area (Å²) < 4.78 is 7.29. The average molecular weight is 267 g/mol. The molecule has 96 valence electrons. The molecule has 2 rings (SSSR count). The molecule has 1 aromatic carbocycles. The van der Waals surface area contributed by atoms with E-state index in [2.05, 4.69) is 10.1 Å². The lowest BCUT2D eigenvalue weighted by atomic mass is 10.3. The lowest BCUT2D eigenvalue weighted by Gasteiger charge is -2.04. The summed E-state index contributed by atoms with van der Waals surface area (Å²) in [5, 5.41) is 4.84. The van der Waals surface area contributed by atoms with Crippen molar-refractivity contribution >= 4 is 11.6 Å². The van der Waals surface area contributed by atoms with Gasteiger partial charge in [-0.1, -0.05) is 23.7 Å². The molecule has 0 fully saturated rings. The Morgan fingerprint density at radius 1 is 1.39 bits per heavy atom. The molecule has 1 heterocycles. The van der Waals surface area contributed by atoms with E-state index in [-0.39, 0.29) is 0 Å². The number of benzene rings is 1. The van der Waals surface area contributed by atoms with Gasteiger partial charge in [-0.15, -0.1) is 0 Å². The molecule has 0 saturated heterocycles. The zero-order chi connectivity index (χ0) is 13.0. The van der Waals surface area contributed by atoms with Gasteiger partial charge >= 0.3 is 0 Å². The van der Waals surface area contributed by atoms with Crippen LogP contribution in [0.1, 0.15) is 11.6 Å². The van der Waals surface area contributed by atoms with Crippen LogP contribution < -0.4 is 10.5 Å². The first-order valence-corrected chi connectivity index (χ1v) is 6.04. The second kappa shape index (κ2) is 5.84. The van der Waals surface area contributed by atoms with Crippen molar-refractivity contribution in [1.82, 2.24) is 14.8 Å². The largest absolute Gasteiger partial charge is 0.484 e. The molecule has 6 heteroatoms. The summed E-state index contributed by atoms with van der Waals surface area (Å²) in [5.74, 6) is 2.11. The van der Waals surface area contributed by atoms with Crippen LogP contribution in [0.5, 0.6) is 5.75 Å². The second-order valence-corrected chi connectivity index (χ2v) is 4.23. The molecule has 2 aromatic rings. The molecule has 18 heavy (non-hydrogen) atoms. The molecular formula is C12H15ClN4O. The van der Waals surface area contributed by atoms with Gasteiger partial charge in [-0.05, 0) is 18.7 Å². The number of para-hydroxylation sites is 1. The molecule has 0 aliphatic heterocycles. The molecule has 1 aromatic heterocycles. The van der Waals surface area contributed by atoms with Crippen LogP contribution in [0.15, 0.2) is 24.3 Å². The smallest absolute Gasteiger partial charge is 0.188 e. The van der Waals surface area contributed by atoms with E-state index in [1.54, 1.807) is 10.7 Å². The molecule has 0 aliphatic carbocycles. The van der Waals surface area contributed by atoms with Gasteiger partial charge in [-0.3, -0.25) is 4.68 Å². The molecule has 0 unspecified atom stereocenters. The van der Waals surface area contributed by atoms with Crippen molar-refractivity contribution in [3.63, 3.8) is 0 Å². The number of halogens is 1. The van der Waals surface area contributed by atoms with Gasteiger partial charge in [0.05, 0.1) is 5.02 Å². The van der Waals surface area contributed by atoms with Crippen LogP contribution in [0.3, 0.4) is 0 Å². The minimum Gasteiger partial charge on any atom is -0.484 e. The van der Waals surface area contributed by atoms with Gasteiger partial charge in [0.25, 0.3) is 0 Å². The van der Waals surface area contributed by atoms with E-state index in [0.29, 0.717) is 36.2 Å². The first-order chi connectivity index (χ1) is 8.70. The van der Waals surface area contributed by atoms with E-state index in [9.17, 15) is 0 Å². The number of hydrogen-bond acceptors (Lipinski definition) is 4. The van der Waals surface area contributed by atoms with E-state index in [4.69, 9.17) is 22.1 Å². The highest BCUT2D eigenvalue weighted by Crippen LogP contribution is 2.23. The topological polar surface area (TPSA) is 66.0 Å². The highest BCUT2D eigenvalue weighted by atomic mass is 35.5. The molecule has 0 spiro atoms. The fraction of sp³-hybridized carbons (Fsp3) is 0.333. The maximum Gasteiger partial charge on any atom is 0.188 e. The first-order valence-electron chi connectivity index (χ1n) is 5.67. The summed E-state index contributed by atoms with van der Waals surface area (Å²) >= 11 is 5.99. The Kier molecular flexibility index (Phi) is 4.17. The van der Waals surface area contributed by atoms with Crippen LogP contribution in [0.25, 0.3) is 0 Å². The van der Waals surface area contributed by atoms with Crippen LogP contribution in [-0.4, -0.2) is 21.3 Å². The van der Waals surface area contributed by atoms with E-state index in [1.807, 2.05) is 25.2 Å². The van der Waals surface area contributed by atoms with Gasteiger partial charge in [0.15, 0.2) is 5.82 Å². The number of aryl methyl sites for hydroxylation is 1. The van der Waals surface area contributed by atoms with Crippen molar-refractivity contribution in [2.75, 3.05) is 6.54 Å². The van der Waals surface area contributed by atoms with Gasteiger partial charge in [-0.2, -0.15) is 5.10 Å². The van der Waals surface area contributed by atoms with Crippen LogP contribution in [0.4, 0.5) is 0 Å². The Labute approximate surface area is 111 Å². The molecule has 0 bridgehead atoms. The summed E-state index contributed by atoms with van der Waals surface area (Å²) in [6, 6.07) is 7.31. The Balaban J connectivity index is 2.02. The van der Waals surface area contributed by atoms with Gasteiger partial charge in [0.2, 0.25) is 0 Å². The fourth-order valence-corrected chi connectivity index (χ4v) is 1.78. The molecule has 2 N–H and O–H groups in total. The molecule has 5 nitrogen and oxygen atoms in total. The van der Waals surface area contributed by atoms with E-state index >= 15 is 0 Å². The molecule has 0 atom stereocenters. The average Bonchev–Trinajstić information content (AvgIpc) is 2.70. The Hall–Kier alpha value is -1.59. The van der Waals surface area contributed by atoms with Gasteiger partial charge in [0, 0.05) is 13.5 Å². The summed E-state index contributed by atoms with van der Waals surface area (Å²) in [6.07, 6.45) is 0.704. The van der Waals surface area contributed by atoms with Gasteiger partial charge in [-0.25, -0.2) is 4.98 Å². The van der Waals surface area contributed by atoms with Crippen LogP contribution in [0.2, 0.25) is 5.02 Å². The third-order valence-corrected chi connectivity index (χ3v) is 2.77. The van der Waals surface area contributed by atoms with Crippen LogP contribution in [0, 0.1) is 0 Å². The predicted molar refractivity (Wildman–Crippen MR) is 69.5 cm³/mol. The third kappa shape index (κ3) is 3.00. The maximum atomic E-state index is 5.99. The highest BCUT2D eigenvalue weighted by Gasteiger charge is 2.08. The van der Waals surface area contributed by atoms with Crippen LogP contribution >= 0.6 is 11.6 Å². The fourth-order valence-electron chi connectivity index (χ4n) is 1.59. The standard InChI is InChI=1S/C12H15ClN4O/c1-17-12(6-7-14)15-11(16-17)8-18-10-5-3-2-4-9(10)13/h2-5H,6-8,14H2,1H3. The van der Waals surface area contributed by atoms with E-state index in [1.165, 1.54) is 0 Å². The van der Waals surface area contributed by atoms with Crippen LogP contribution in [-0.2, 0) is 20.1 Å². The summed E-state index contributed by atoms with van der Waals surface area (Å²) in [6.45, 7) is 0.847. The SMILES string of the molecule is Cn1nc(COc2ccccc2Cl)nc1CCN. The normalized spacial score (nSPS) is 10.6. The molecule has 0 aliphatic rings. The lowest BCUT2D eigenvalue weighted by molar-refractivity contribution is 0.295. The molecule has 0 saturated carbocycles. The minimum atomic E-state index is 0.294. The monoisotopic (exact) mass is 266 g/mol. The molecular weight excluding hydrogens is 252 g/mol. The van der Waals surface area contributed by atoms with E-state index in [0.717, 1.165) is 5.82 Å². The number of aromatic nitrogens is 3. The number of ether oxygens (including phenoxy) is 1. The highest BCUT2D eigenvalue weighted by molar-refractivity contribution is 6.32. The zero-order valence-corrected chi connectivity index (χ0v) is 10.9. The number of rotatable bonds is 5. The third-order valence-electron chi connectivity index (χ3n) is 2.46. The number of nitrogens with two attached hydrogens (primary N) is 1. The summed E-state index contributed by atoms with van der Waals surface area (Å²) in [4.78, 5) is 4.35. The Bertz CT molecular complexity index is 527. The predicted octanol–water partition coefficient (Wildman–Crippen LogP) is 1.55. The quantitative estimate of drug-likeness (QED) is 0.892. The lowest BCUT2D eigenvalue weighted by Crippen LogP contribution is -2.08. The molecule has 0 radical (unpaired) electrons. The van der Waals surface area contributed by atoms with Crippen molar-refractivity contribution in [3.8, 4) is 5.75 Å². The van der Waals surface area contributed by atoms with Gasteiger partial charge < -0.3 is 10.5 Å². The van der Waals surface area contributed by atoms with E-state index < -0.39 is 0 Å². The van der Waals surface area contributed by atoms with Crippen molar-refractivity contribution < 1.29 is 4.74 Å². The number of hydrogen-bond donors (Lipinski definition) is 1. The summed E-state index contributed by atoms with van der Waals surface area (Å²) in [7, 11) is 1.84. The Morgan fingerprint density at radius 3 is 2.89 bits per heavy atom. The van der Waals surface area contributed by atoms with Gasteiger partial charge in [0.1, 0.15) is 18.2 Å². The van der Waals surface area contributed by atoms with Crippen molar-refractivity contribution in [1.29, 1.82) is 0 Å². The second-order valence-electron chi connectivity index (χ2n) is 3.83. The zero-order valence-electron chi connectivity index (χ0n) is 10.1. The van der Waals surface area contributed by atoms with Crippen molar-refractivity contribution in [2.24, 2.45) is 12.8 Å². The minimum absolute atomic E-state index is 0.294.